The first kappa shape index (κ1) is 60.6. The third-order valence-electron chi connectivity index (χ3n) is 8.92. The van der Waals surface area contributed by atoms with E-state index in [-0.39, 0.29) is 32.6 Å². The molecule has 0 aromatic rings. The van der Waals surface area contributed by atoms with Crippen LogP contribution in [0.4, 0.5) is 0 Å². The molecule has 0 aliphatic heterocycles. The van der Waals surface area contributed by atoms with Crippen molar-refractivity contribution >= 4 is 19.8 Å². The molecule has 362 valence electrons. The Labute approximate surface area is 394 Å². The molecular formula is C55H84NO8P. The van der Waals surface area contributed by atoms with Gasteiger partial charge in [-0.1, -0.05) is 178 Å². The van der Waals surface area contributed by atoms with E-state index in [4.69, 9.17) is 24.3 Å². The molecule has 0 bridgehead atoms. The van der Waals surface area contributed by atoms with E-state index in [1.807, 2.05) is 12.2 Å². The minimum Gasteiger partial charge on any atom is -0.462 e. The van der Waals surface area contributed by atoms with Crippen LogP contribution in [0.25, 0.3) is 0 Å². The first-order valence-corrected chi connectivity index (χ1v) is 25.5. The molecule has 2 unspecified atom stereocenters. The molecule has 0 saturated heterocycles. The molecule has 10 heteroatoms. The summed E-state index contributed by atoms with van der Waals surface area (Å²) in [7, 11) is -4.42. The van der Waals surface area contributed by atoms with Crippen LogP contribution in [0.5, 0.6) is 0 Å². The van der Waals surface area contributed by atoms with Crippen molar-refractivity contribution in [1.82, 2.24) is 0 Å². The zero-order chi connectivity index (χ0) is 47.4. The summed E-state index contributed by atoms with van der Waals surface area (Å²) in [6, 6.07) is 0. The standard InChI is InChI=1S/C55H84NO8P/c1-3-5-7-9-11-13-15-17-18-19-20-21-22-23-24-25-26-27-28-29-30-31-32-33-34-36-38-40-42-44-46-48-55(58)64-53(52-63-65(59,60)62-50-49-56)51-61-54(57)47-45-43-41-39-37-35-16-14-12-10-8-6-4-2/h5-8,11-14,17-18,20-21,23-24,26-27,29-30,32-33,35-38,41,43,53H,3-4,9-10,15-16,19,22,25,28,31,34,39-40,42,44-52,56H2,1-2H3,(H,59,60)/b7-5-,8-6-,13-11-,14-12-,18-17-,21-20-,24-23-,27-26-,30-29-,33-32-,37-35-,38-36-,43-41-. The van der Waals surface area contributed by atoms with Crippen LogP contribution >= 0.6 is 7.82 Å². The summed E-state index contributed by atoms with van der Waals surface area (Å²) in [4.78, 5) is 34.9. The van der Waals surface area contributed by atoms with Crippen molar-refractivity contribution in [1.29, 1.82) is 0 Å². The van der Waals surface area contributed by atoms with E-state index in [1.54, 1.807) is 0 Å². The smallest absolute Gasteiger partial charge is 0.462 e. The van der Waals surface area contributed by atoms with Crippen molar-refractivity contribution < 1.29 is 37.6 Å². The lowest BCUT2D eigenvalue weighted by Gasteiger charge is -2.19. The van der Waals surface area contributed by atoms with E-state index in [2.05, 4.69) is 160 Å². The molecule has 9 nitrogen and oxygen atoms in total. The van der Waals surface area contributed by atoms with Gasteiger partial charge < -0.3 is 20.1 Å². The Hall–Kier alpha value is -4.37. The molecule has 0 rings (SSSR count). The SMILES string of the molecule is CC/C=C\C/C=C\C/C=C\C/C=C\C/C=C\C/C=C\C/C=C\C/C=C\C/C=C\CCCCCC(=O)OC(COC(=O)CC/C=C\C/C=C\C/C=C\C/C=C\CC)COP(=O)(O)OCCN. The Morgan fingerprint density at radius 2 is 0.831 bits per heavy atom. The van der Waals surface area contributed by atoms with Gasteiger partial charge in [0.05, 0.1) is 13.2 Å². The highest BCUT2D eigenvalue weighted by molar-refractivity contribution is 7.47. The molecule has 0 aliphatic carbocycles. The van der Waals surface area contributed by atoms with Gasteiger partial charge in [0.25, 0.3) is 0 Å². The molecule has 0 aromatic carbocycles. The van der Waals surface area contributed by atoms with Gasteiger partial charge >= 0.3 is 19.8 Å². The monoisotopic (exact) mass is 918 g/mol. The van der Waals surface area contributed by atoms with E-state index < -0.39 is 32.5 Å². The minimum atomic E-state index is -4.42. The molecule has 0 aliphatic rings. The zero-order valence-electron chi connectivity index (χ0n) is 39.9. The molecule has 0 aromatic heterocycles. The normalized spacial score (nSPS) is 14.6. The van der Waals surface area contributed by atoms with Gasteiger partial charge in [0.15, 0.2) is 6.10 Å². The van der Waals surface area contributed by atoms with Crippen molar-refractivity contribution in [3.63, 3.8) is 0 Å². The number of hydrogen-bond donors (Lipinski definition) is 2. The lowest BCUT2D eigenvalue weighted by atomic mass is 10.1. The largest absolute Gasteiger partial charge is 0.472 e. The number of carbonyl (C=O) groups is 2. The summed E-state index contributed by atoms with van der Waals surface area (Å²) < 4.78 is 32.7. The second kappa shape index (κ2) is 49.1. The third-order valence-corrected chi connectivity index (χ3v) is 9.91. The fraction of sp³-hybridized carbons (Fsp3) is 0.491. The Morgan fingerprint density at radius 1 is 0.462 bits per heavy atom. The van der Waals surface area contributed by atoms with E-state index in [0.717, 1.165) is 103 Å². The van der Waals surface area contributed by atoms with Gasteiger partial charge in [-0.2, -0.15) is 0 Å². The molecule has 0 heterocycles. The van der Waals surface area contributed by atoms with E-state index >= 15 is 0 Å². The van der Waals surface area contributed by atoms with Crippen LogP contribution in [0.1, 0.15) is 142 Å². The minimum absolute atomic E-state index is 0.0290. The number of rotatable bonds is 42. The maximum absolute atomic E-state index is 12.6. The Balaban J connectivity index is 4.24. The van der Waals surface area contributed by atoms with Gasteiger partial charge in [-0.3, -0.25) is 18.6 Å². The summed E-state index contributed by atoms with van der Waals surface area (Å²) in [5, 5.41) is 0. The van der Waals surface area contributed by atoms with Crippen LogP contribution in [-0.4, -0.2) is 49.3 Å². The first-order valence-electron chi connectivity index (χ1n) is 24.0. The summed E-state index contributed by atoms with van der Waals surface area (Å²) >= 11 is 0. The van der Waals surface area contributed by atoms with Crippen molar-refractivity contribution in [3.8, 4) is 0 Å². The van der Waals surface area contributed by atoms with Crippen molar-refractivity contribution in [3.05, 3.63) is 158 Å². The molecule has 0 radical (unpaired) electrons. The Morgan fingerprint density at radius 3 is 1.22 bits per heavy atom. The number of carbonyl (C=O) groups excluding carboxylic acids is 2. The number of ether oxygens (including phenoxy) is 2. The maximum atomic E-state index is 12.6. The second-order valence-electron chi connectivity index (χ2n) is 14.9. The summed E-state index contributed by atoms with van der Waals surface area (Å²) in [5.41, 5.74) is 5.34. The van der Waals surface area contributed by atoms with Crippen molar-refractivity contribution in [2.45, 2.75) is 148 Å². The highest BCUT2D eigenvalue weighted by Crippen LogP contribution is 2.43. The number of phosphoric ester groups is 1. The molecule has 0 spiro atoms. The quantitative estimate of drug-likeness (QED) is 0.0266. The average molecular weight is 918 g/mol. The number of phosphoric acid groups is 1. The number of nitrogens with two attached hydrogens (primary N) is 1. The van der Waals surface area contributed by atoms with Gasteiger partial charge in [0.2, 0.25) is 0 Å². The number of esters is 2. The fourth-order valence-corrected chi connectivity index (χ4v) is 6.23. The van der Waals surface area contributed by atoms with Gasteiger partial charge in [-0.15, -0.1) is 0 Å². The summed E-state index contributed by atoms with van der Waals surface area (Å²) in [5.74, 6) is -0.981. The number of allylic oxidation sites excluding steroid dienone is 26. The van der Waals surface area contributed by atoms with Crippen LogP contribution in [0.15, 0.2) is 158 Å². The van der Waals surface area contributed by atoms with Gasteiger partial charge in [-0.05, 0) is 109 Å². The van der Waals surface area contributed by atoms with E-state index in [9.17, 15) is 19.0 Å². The lowest BCUT2D eigenvalue weighted by molar-refractivity contribution is -0.161. The Kier molecular flexibility index (Phi) is 45.8. The number of unbranched alkanes of at least 4 members (excludes halogenated alkanes) is 3. The topological polar surface area (TPSA) is 134 Å². The molecular weight excluding hydrogens is 834 g/mol. The lowest BCUT2D eigenvalue weighted by Crippen LogP contribution is -2.29. The zero-order valence-corrected chi connectivity index (χ0v) is 40.8. The number of hydrogen-bond acceptors (Lipinski definition) is 8. The van der Waals surface area contributed by atoms with Gasteiger partial charge in [0.1, 0.15) is 6.61 Å². The predicted molar refractivity (Wildman–Crippen MR) is 274 cm³/mol. The molecule has 0 saturated carbocycles. The van der Waals surface area contributed by atoms with Crippen LogP contribution in [0.2, 0.25) is 0 Å². The molecule has 0 fully saturated rings. The van der Waals surface area contributed by atoms with Crippen LogP contribution in [-0.2, 0) is 32.7 Å². The van der Waals surface area contributed by atoms with Gasteiger partial charge in [-0.25, -0.2) is 4.57 Å². The third kappa shape index (κ3) is 48.9. The van der Waals surface area contributed by atoms with Gasteiger partial charge in [0, 0.05) is 19.4 Å². The summed E-state index contributed by atoms with van der Waals surface area (Å²) in [6.07, 6.45) is 71.6. The second-order valence-corrected chi connectivity index (χ2v) is 16.3. The van der Waals surface area contributed by atoms with Crippen LogP contribution in [0.3, 0.4) is 0 Å². The highest BCUT2D eigenvalue weighted by Gasteiger charge is 2.25. The molecule has 2 atom stereocenters. The molecule has 65 heavy (non-hydrogen) atoms. The van der Waals surface area contributed by atoms with Crippen LogP contribution < -0.4 is 5.73 Å². The van der Waals surface area contributed by atoms with Crippen molar-refractivity contribution in [2.75, 3.05) is 26.4 Å². The van der Waals surface area contributed by atoms with Crippen molar-refractivity contribution in [2.24, 2.45) is 5.73 Å². The predicted octanol–water partition coefficient (Wildman–Crippen LogP) is 14.6. The van der Waals surface area contributed by atoms with Crippen LogP contribution in [0, 0.1) is 0 Å². The molecule has 3 N–H and O–H groups in total. The maximum Gasteiger partial charge on any atom is 0.472 e. The fourth-order valence-electron chi connectivity index (χ4n) is 5.46. The van der Waals surface area contributed by atoms with E-state index in [0.29, 0.717) is 12.8 Å². The highest BCUT2D eigenvalue weighted by atomic mass is 31.2. The Bertz CT molecular complexity index is 1610. The average Bonchev–Trinajstić information content (AvgIpc) is 3.30. The summed E-state index contributed by atoms with van der Waals surface area (Å²) in [6.45, 7) is 3.33. The molecule has 0 amide bonds. The first-order chi connectivity index (χ1) is 31.8. The van der Waals surface area contributed by atoms with E-state index in [1.165, 1.54) is 0 Å².